The van der Waals surface area contributed by atoms with Gasteiger partial charge in [-0.3, -0.25) is 14.4 Å². The Morgan fingerprint density at radius 3 is 1.81 bits per heavy atom. The molecule has 168 valence electrons. The molecular formula is C23H28O8. The highest BCUT2D eigenvalue weighted by Gasteiger charge is 2.31. The van der Waals surface area contributed by atoms with Crippen molar-refractivity contribution >= 4 is 23.9 Å². The molecule has 0 bridgehead atoms. The Hall–Kier alpha value is -2.90. The van der Waals surface area contributed by atoms with Gasteiger partial charge in [0.1, 0.15) is 18.0 Å². The number of carbonyl (C=O) groups excluding carboxylic acids is 3. The van der Waals surface area contributed by atoms with E-state index >= 15 is 0 Å². The van der Waals surface area contributed by atoms with Crippen molar-refractivity contribution in [3.8, 4) is 5.75 Å². The van der Waals surface area contributed by atoms with Crippen LogP contribution in [-0.4, -0.2) is 41.2 Å². The summed E-state index contributed by atoms with van der Waals surface area (Å²) >= 11 is 0. The molecule has 8 nitrogen and oxygen atoms in total. The number of aliphatic carboxylic acids is 1. The van der Waals surface area contributed by atoms with Crippen LogP contribution in [0.5, 0.6) is 5.75 Å². The molecule has 2 saturated carbocycles. The van der Waals surface area contributed by atoms with Crippen LogP contribution in [0.25, 0.3) is 0 Å². The summed E-state index contributed by atoms with van der Waals surface area (Å²) in [7, 11) is 0. The largest absolute Gasteiger partial charge is 0.481 e. The zero-order valence-corrected chi connectivity index (χ0v) is 17.6. The molecule has 2 fully saturated rings. The van der Waals surface area contributed by atoms with Crippen LogP contribution >= 0.6 is 0 Å². The van der Waals surface area contributed by atoms with Crippen molar-refractivity contribution in [1.82, 2.24) is 0 Å². The Morgan fingerprint density at radius 2 is 1.29 bits per heavy atom. The van der Waals surface area contributed by atoms with E-state index < -0.39 is 11.9 Å². The minimum Gasteiger partial charge on any atom is -0.481 e. The highest BCUT2D eigenvalue weighted by molar-refractivity contribution is 5.89. The minimum absolute atomic E-state index is 0.111. The monoisotopic (exact) mass is 432 g/mol. The molecule has 31 heavy (non-hydrogen) atoms. The molecule has 0 radical (unpaired) electrons. The van der Waals surface area contributed by atoms with E-state index in [0.29, 0.717) is 62.7 Å². The Bertz CT molecular complexity index is 799. The molecule has 8 heteroatoms. The van der Waals surface area contributed by atoms with Crippen molar-refractivity contribution in [2.75, 3.05) is 0 Å². The SMILES string of the molecule is CC(=O)OC1CCC(OC(=O)c2ccc(OC(=O)C3CCC(C(=O)O)CC3)cc2)CC1. The smallest absolute Gasteiger partial charge is 0.338 e. The molecule has 0 amide bonds. The van der Waals surface area contributed by atoms with Crippen LogP contribution < -0.4 is 4.74 Å². The number of rotatable bonds is 6. The van der Waals surface area contributed by atoms with Gasteiger partial charge in [0, 0.05) is 6.92 Å². The van der Waals surface area contributed by atoms with E-state index in [-0.39, 0.29) is 36.0 Å². The normalized spacial score (nSPS) is 25.8. The van der Waals surface area contributed by atoms with Gasteiger partial charge in [-0.25, -0.2) is 4.79 Å². The topological polar surface area (TPSA) is 116 Å². The summed E-state index contributed by atoms with van der Waals surface area (Å²) in [5.74, 6) is -2.28. The van der Waals surface area contributed by atoms with E-state index in [2.05, 4.69) is 0 Å². The van der Waals surface area contributed by atoms with Gasteiger partial charge < -0.3 is 19.3 Å². The number of esters is 3. The van der Waals surface area contributed by atoms with E-state index in [1.165, 1.54) is 6.92 Å². The first-order valence-electron chi connectivity index (χ1n) is 10.7. The molecule has 0 aliphatic heterocycles. The molecule has 0 saturated heterocycles. The average Bonchev–Trinajstić information content (AvgIpc) is 2.75. The molecular weight excluding hydrogens is 404 g/mol. The lowest BCUT2D eigenvalue weighted by Crippen LogP contribution is -2.29. The average molecular weight is 432 g/mol. The van der Waals surface area contributed by atoms with Crippen LogP contribution in [0.4, 0.5) is 0 Å². The summed E-state index contributed by atoms with van der Waals surface area (Å²) in [6.07, 6.45) is 4.25. The zero-order valence-electron chi connectivity index (χ0n) is 17.6. The van der Waals surface area contributed by atoms with E-state index in [1.54, 1.807) is 24.3 Å². The molecule has 2 aliphatic carbocycles. The predicted molar refractivity (Wildman–Crippen MR) is 108 cm³/mol. The third-order valence-electron chi connectivity index (χ3n) is 5.95. The Labute approximate surface area is 180 Å². The van der Waals surface area contributed by atoms with Crippen LogP contribution in [0, 0.1) is 11.8 Å². The fourth-order valence-electron chi connectivity index (χ4n) is 4.16. The van der Waals surface area contributed by atoms with Crippen molar-refractivity contribution in [3.63, 3.8) is 0 Å². The summed E-state index contributed by atoms with van der Waals surface area (Å²) in [5.41, 5.74) is 0.365. The standard InChI is InChI=1S/C23H28O8/c1-14(24)29-18-10-12-20(13-11-18)31-23(28)17-6-8-19(9-7-17)30-22(27)16-4-2-15(3-5-16)21(25)26/h6-9,15-16,18,20H,2-5,10-13H2,1H3,(H,25,26). The zero-order chi connectivity index (χ0) is 22.4. The second-order valence-corrected chi connectivity index (χ2v) is 8.25. The number of hydrogen-bond donors (Lipinski definition) is 1. The molecule has 1 aromatic rings. The maximum Gasteiger partial charge on any atom is 0.338 e. The fourth-order valence-corrected chi connectivity index (χ4v) is 4.16. The van der Waals surface area contributed by atoms with Crippen LogP contribution in [0.1, 0.15) is 68.6 Å². The second kappa shape index (κ2) is 10.4. The highest BCUT2D eigenvalue weighted by atomic mass is 16.6. The van der Waals surface area contributed by atoms with Gasteiger partial charge in [-0.05, 0) is 75.6 Å². The third kappa shape index (κ3) is 6.54. The van der Waals surface area contributed by atoms with Gasteiger partial charge in [0.15, 0.2) is 0 Å². The molecule has 0 atom stereocenters. The number of hydrogen-bond acceptors (Lipinski definition) is 7. The van der Waals surface area contributed by atoms with E-state index in [9.17, 15) is 19.2 Å². The third-order valence-corrected chi connectivity index (χ3v) is 5.95. The lowest BCUT2D eigenvalue weighted by Gasteiger charge is -2.27. The van der Waals surface area contributed by atoms with Crippen LogP contribution in [-0.2, 0) is 23.9 Å². The van der Waals surface area contributed by atoms with Crippen LogP contribution in [0.3, 0.4) is 0 Å². The molecule has 0 unspecified atom stereocenters. The van der Waals surface area contributed by atoms with Crippen molar-refractivity contribution in [2.24, 2.45) is 11.8 Å². The molecule has 1 N–H and O–H groups in total. The molecule has 0 spiro atoms. The van der Waals surface area contributed by atoms with Gasteiger partial charge in [-0.2, -0.15) is 0 Å². The van der Waals surface area contributed by atoms with Crippen molar-refractivity contribution in [3.05, 3.63) is 29.8 Å². The quantitative estimate of drug-likeness (QED) is 0.536. The van der Waals surface area contributed by atoms with Gasteiger partial charge >= 0.3 is 23.9 Å². The van der Waals surface area contributed by atoms with E-state index in [4.69, 9.17) is 19.3 Å². The fraction of sp³-hybridized carbons (Fsp3) is 0.565. The first-order chi connectivity index (χ1) is 14.8. The van der Waals surface area contributed by atoms with Gasteiger partial charge in [0.25, 0.3) is 0 Å². The molecule has 2 aliphatic rings. The van der Waals surface area contributed by atoms with Gasteiger partial charge in [0.2, 0.25) is 0 Å². The number of carbonyl (C=O) groups is 4. The summed E-state index contributed by atoms with van der Waals surface area (Å²) < 4.78 is 16.1. The van der Waals surface area contributed by atoms with Crippen LogP contribution in [0.15, 0.2) is 24.3 Å². The van der Waals surface area contributed by atoms with Gasteiger partial charge in [0.05, 0.1) is 17.4 Å². The first-order valence-corrected chi connectivity index (χ1v) is 10.7. The number of benzene rings is 1. The Balaban J connectivity index is 1.44. The van der Waals surface area contributed by atoms with Crippen molar-refractivity contribution in [2.45, 2.75) is 70.5 Å². The van der Waals surface area contributed by atoms with Gasteiger partial charge in [-0.1, -0.05) is 0 Å². The highest BCUT2D eigenvalue weighted by Crippen LogP contribution is 2.30. The second-order valence-electron chi connectivity index (χ2n) is 8.25. The number of carboxylic acid groups (broad SMARTS) is 1. The molecule has 0 aromatic heterocycles. The molecule has 1 aromatic carbocycles. The van der Waals surface area contributed by atoms with E-state index in [0.717, 1.165) is 0 Å². The first kappa shape index (κ1) is 22.8. The summed E-state index contributed by atoms with van der Waals surface area (Å²) in [4.78, 5) is 46.7. The summed E-state index contributed by atoms with van der Waals surface area (Å²) in [5, 5.41) is 9.04. The van der Waals surface area contributed by atoms with Gasteiger partial charge in [-0.15, -0.1) is 0 Å². The minimum atomic E-state index is -0.813. The maximum atomic E-state index is 12.4. The van der Waals surface area contributed by atoms with Crippen LogP contribution in [0.2, 0.25) is 0 Å². The van der Waals surface area contributed by atoms with Crippen molar-refractivity contribution < 1.29 is 38.5 Å². The van der Waals surface area contributed by atoms with E-state index in [1.807, 2.05) is 0 Å². The predicted octanol–water partition coefficient (Wildman–Crippen LogP) is 3.51. The number of ether oxygens (including phenoxy) is 3. The molecule has 0 heterocycles. The summed E-state index contributed by atoms with van der Waals surface area (Å²) in [6.45, 7) is 1.39. The Morgan fingerprint density at radius 1 is 0.774 bits per heavy atom. The van der Waals surface area contributed by atoms with Crippen molar-refractivity contribution in [1.29, 1.82) is 0 Å². The molecule has 3 rings (SSSR count). The lowest BCUT2D eigenvalue weighted by atomic mass is 9.82. The summed E-state index contributed by atoms with van der Waals surface area (Å²) in [6, 6.07) is 6.21. The lowest BCUT2D eigenvalue weighted by molar-refractivity contribution is -0.149. The maximum absolute atomic E-state index is 12.4. The number of carboxylic acids is 1. The Kier molecular flexibility index (Phi) is 7.65.